The molecule has 3 saturated heterocycles. The quantitative estimate of drug-likeness (QED) is 0.628. The number of hydrogen-bond acceptors (Lipinski definition) is 3. The molecule has 2 bridgehead atoms. The SMILES string of the molecule is CCCCCC12COC(OC1)OC2. The maximum absolute atomic E-state index is 5.37. The van der Waals surface area contributed by atoms with Crippen LogP contribution in [0.3, 0.4) is 0 Å². The molecule has 3 heterocycles. The molecule has 0 aromatic rings. The van der Waals surface area contributed by atoms with E-state index in [9.17, 15) is 0 Å². The van der Waals surface area contributed by atoms with Gasteiger partial charge < -0.3 is 14.2 Å². The molecule has 13 heavy (non-hydrogen) atoms. The first-order valence-corrected chi connectivity index (χ1v) is 5.19. The maximum Gasteiger partial charge on any atom is 0.271 e. The van der Waals surface area contributed by atoms with Crippen LogP contribution in [0.5, 0.6) is 0 Å². The number of unbranched alkanes of at least 4 members (excludes halogenated alkanes) is 2. The lowest BCUT2D eigenvalue weighted by Crippen LogP contribution is -2.52. The highest BCUT2D eigenvalue weighted by Gasteiger charge is 2.42. The molecule has 0 aromatic carbocycles. The van der Waals surface area contributed by atoms with Gasteiger partial charge in [-0.05, 0) is 6.42 Å². The molecule has 3 fully saturated rings. The van der Waals surface area contributed by atoms with Gasteiger partial charge in [-0.15, -0.1) is 0 Å². The zero-order valence-corrected chi connectivity index (χ0v) is 8.25. The Bertz CT molecular complexity index is 148. The summed E-state index contributed by atoms with van der Waals surface area (Å²) in [4.78, 5) is 0. The van der Waals surface area contributed by atoms with Crippen molar-refractivity contribution in [3.05, 3.63) is 0 Å². The van der Waals surface area contributed by atoms with E-state index in [1.807, 2.05) is 0 Å². The fourth-order valence-corrected chi connectivity index (χ4v) is 1.97. The van der Waals surface area contributed by atoms with Gasteiger partial charge in [-0.25, -0.2) is 0 Å². The minimum atomic E-state index is -0.368. The molecule has 0 N–H and O–H groups in total. The van der Waals surface area contributed by atoms with Crippen molar-refractivity contribution in [1.82, 2.24) is 0 Å². The van der Waals surface area contributed by atoms with Gasteiger partial charge in [0.2, 0.25) is 0 Å². The molecule has 3 rings (SSSR count). The summed E-state index contributed by atoms with van der Waals surface area (Å²) in [6, 6.07) is 0. The molecule has 3 nitrogen and oxygen atoms in total. The van der Waals surface area contributed by atoms with Crippen LogP contribution in [-0.4, -0.2) is 26.3 Å². The smallest absolute Gasteiger partial charge is 0.271 e. The summed E-state index contributed by atoms with van der Waals surface area (Å²) in [6.07, 6.45) is 5.00. The van der Waals surface area contributed by atoms with E-state index in [0.717, 1.165) is 19.8 Å². The highest BCUT2D eigenvalue weighted by Crippen LogP contribution is 2.36. The van der Waals surface area contributed by atoms with Gasteiger partial charge in [-0.2, -0.15) is 0 Å². The van der Waals surface area contributed by atoms with Crippen LogP contribution >= 0.6 is 0 Å². The average molecular weight is 186 g/mol. The molecule has 0 amide bonds. The molecule has 0 atom stereocenters. The normalized spacial score (nSPS) is 38.1. The first-order chi connectivity index (χ1) is 6.35. The highest BCUT2D eigenvalue weighted by atomic mass is 16.9. The molecule has 3 aliphatic rings. The van der Waals surface area contributed by atoms with E-state index in [1.165, 1.54) is 25.7 Å². The third-order valence-electron chi connectivity index (χ3n) is 2.89. The van der Waals surface area contributed by atoms with Gasteiger partial charge in [-0.1, -0.05) is 26.2 Å². The van der Waals surface area contributed by atoms with Crippen molar-refractivity contribution in [2.75, 3.05) is 19.8 Å². The predicted molar refractivity (Wildman–Crippen MR) is 48.2 cm³/mol. The van der Waals surface area contributed by atoms with E-state index in [2.05, 4.69) is 6.92 Å². The van der Waals surface area contributed by atoms with Crippen molar-refractivity contribution in [2.45, 2.75) is 39.1 Å². The topological polar surface area (TPSA) is 27.7 Å². The molecule has 0 unspecified atom stereocenters. The second-order valence-electron chi connectivity index (χ2n) is 4.18. The number of fused-ring (bicyclic) bond motifs is 3. The van der Waals surface area contributed by atoms with Crippen molar-refractivity contribution in [1.29, 1.82) is 0 Å². The average Bonchev–Trinajstić information content (AvgIpc) is 2.21. The maximum atomic E-state index is 5.37. The molecular formula is C10H18O3. The molecule has 0 saturated carbocycles. The third kappa shape index (κ3) is 2.03. The number of ether oxygens (including phenoxy) is 3. The lowest BCUT2D eigenvalue weighted by molar-refractivity contribution is -0.395. The van der Waals surface area contributed by atoms with Crippen molar-refractivity contribution in [3.63, 3.8) is 0 Å². The van der Waals surface area contributed by atoms with Crippen LogP contribution in [0.2, 0.25) is 0 Å². The Labute approximate surface area is 79.4 Å². The summed E-state index contributed by atoms with van der Waals surface area (Å²) < 4.78 is 16.1. The third-order valence-corrected chi connectivity index (χ3v) is 2.89. The van der Waals surface area contributed by atoms with E-state index in [0.29, 0.717) is 0 Å². The molecular weight excluding hydrogens is 168 g/mol. The molecule has 76 valence electrons. The minimum Gasteiger partial charge on any atom is -0.329 e. The Hall–Kier alpha value is -0.120. The van der Waals surface area contributed by atoms with Gasteiger partial charge in [0.05, 0.1) is 19.8 Å². The minimum absolute atomic E-state index is 0.171. The van der Waals surface area contributed by atoms with Gasteiger partial charge in [0.25, 0.3) is 6.48 Å². The summed E-state index contributed by atoms with van der Waals surface area (Å²) in [5.41, 5.74) is 0.171. The highest BCUT2D eigenvalue weighted by molar-refractivity contribution is 4.83. The van der Waals surface area contributed by atoms with Crippen LogP contribution in [0, 0.1) is 5.41 Å². The Balaban J connectivity index is 1.81. The second kappa shape index (κ2) is 3.95. The largest absolute Gasteiger partial charge is 0.329 e. The van der Waals surface area contributed by atoms with Gasteiger partial charge in [-0.3, -0.25) is 0 Å². The lowest BCUT2D eigenvalue weighted by Gasteiger charge is -2.45. The molecule has 0 aromatic heterocycles. The van der Waals surface area contributed by atoms with Gasteiger partial charge in [0.1, 0.15) is 0 Å². The number of rotatable bonds is 4. The van der Waals surface area contributed by atoms with E-state index in [-0.39, 0.29) is 11.9 Å². The van der Waals surface area contributed by atoms with E-state index in [4.69, 9.17) is 14.2 Å². The standard InChI is InChI=1S/C10H18O3/c1-2-3-4-5-10-6-11-9(12-7-10)13-8-10/h9H,2-8H2,1H3. The monoisotopic (exact) mass is 186 g/mol. The van der Waals surface area contributed by atoms with Gasteiger partial charge >= 0.3 is 0 Å². The van der Waals surface area contributed by atoms with Gasteiger partial charge in [0.15, 0.2) is 0 Å². The van der Waals surface area contributed by atoms with Crippen molar-refractivity contribution < 1.29 is 14.2 Å². The predicted octanol–water partition coefficient (Wildman–Crippen LogP) is 1.91. The Morgan fingerprint density at radius 2 is 1.69 bits per heavy atom. The lowest BCUT2D eigenvalue weighted by atomic mass is 9.84. The van der Waals surface area contributed by atoms with Crippen LogP contribution in [0.4, 0.5) is 0 Å². The zero-order chi connectivity index (χ0) is 9.15. The van der Waals surface area contributed by atoms with Crippen molar-refractivity contribution in [2.24, 2.45) is 5.41 Å². The first-order valence-electron chi connectivity index (χ1n) is 5.19. The fourth-order valence-electron chi connectivity index (χ4n) is 1.97. The summed E-state index contributed by atoms with van der Waals surface area (Å²) in [5.74, 6) is 0. The Morgan fingerprint density at radius 3 is 2.23 bits per heavy atom. The molecule has 0 aliphatic carbocycles. The Morgan fingerprint density at radius 1 is 1.08 bits per heavy atom. The Kier molecular flexibility index (Phi) is 2.86. The number of hydrogen-bond donors (Lipinski definition) is 0. The van der Waals surface area contributed by atoms with Crippen LogP contribution in [0.25, 0.3) is 0 Å². The summed E-state index contributed by atoms with van der Waals surface area (Å²) in [5, 5.41) is 0. The fraction of sp³-hybridized carbons (Fsp3) is 1.00. The van der Waals surface area contributed by atoms with Gasteiger partial charge in [0, 0.05) is 5.41 Å². The van der Waals surface area contributed by atoms with Crippen LogP contribution < -0.4 is 0 Å². The molecule has 3 aliphatic heterocycles. The van der Waals surface area contributed by atoms with Crippen molar-refractivity contribution in [3.8, 4) is 0 Å². The summed E-state index contributed by atoms with van der Waals surface area (Å²) >= 11 is 0. The summed E-state index contributed by atoms with van der Waals surface area (Å²) in [7, 11) is 0. The van der Waals surface area contributed by atoms with Crippen molar-refractivity contribution >= 4 is 0 Å². The van der Waals surface area contributed by atoms with E-state index in [1.54, 1.807) is 0 Å². The van der Waals surface area contributed by atoms with Crippen LogP contribution in [-0.2, 0) is 14.2 Å². The zero-order valence-electron chi connectivity index (χ0n) is 8.25. The molecule has 0 radical (unpaired) electrons. The van der Waals surface area contributed by atoms with Crippen LogP contribution in [0.1, 0.15) is 32.6 Å². The van der Waals surface area contributed by atoms with E-state index >= 15 is 0 Å². The second-order valence-corrected chi connectivity index (χ2v) is 4.18. The molecule has 0 spiro atoms. The molecule has 3 heteroatoms. The van der Waals surface area contributed by atoms with Crippen LogP contribution in [0.15, 0.2) is 0 Å². The van der Waals surface area contributed by atoms with E-state index < -0.39 is 0 Å². The first kappa shape index (κ1) is 9.44. The summed E-state index contributed by atoms with van der Waals surface area (Å²) in [6.45, 7) is 4.32.